The third kappa shape index (κ3) is 7.34. The average Bonchev–Trinajstić information content (AvgIpc) is 2.56. The second-order valence-electron chi connectivity index (χ2n) is 8.03. The van der Waals surface area contributed by atoms with Gasteiger partial charge in [-0.3, -0.25) is 9.59 Å². The van der Waals surface area contributed by atoms with E-state index in [1.165, 1.54) is 6.92 Å². The van der Waals surface area contributed by atoms with Crippen LogP contribution in [0.4, 0.5) is 4.79 Å². The van der Waals surface area contributed by atoms with E-state index in [2.05, 4.69) is 10.6 Å². The van der Waals surface area contributed by atoms with Crippen molar-refractivity contribution >= 4 is 23.9 Å². The molecule has 0 aliphatic carbocycles. The van der Waals surface area contributed by atoms with Crippen molar-refractivity contribution in [3.8, 4) is 0 Å². The molecule has 10 nitrogen and oxygen atoms in total. The Morgan fingerprint density at radius 2 is 1.61 bits per heavy atom. The summed E-state index contributed by atoms with van der Waals surface area (Å²) in [6.45, 7) is 8.64. The van der Waals surface area contributed by atoms with Crippen molar-refractivity contribution in [2.75, 3.05) is 13.1 Å². The number of amides is 3. The molecule has 10 heteroatoms. The Balaban J connectivity index is 2.52. The summed E-state index contributed by atoms with van der Waals surface area (Å²) in [6, 6.07) is -2.14. The number of hydrogen-bond acceptors (Lipinski definition) is 6. The van der Waals surface area contributed by atoms with Crippen molar-refractivity contribution in [3.05, 3.63) is 0 Å². The van der Waals surface area contributed by atoms with Crippen LogP contribution in [0.2, 0.25) is 0 Å². The van der Waals surface area contributed by atoms with Gasteiger partial charge in [0.15, 0.2) is 6.04 Å². The summed E-state index contributed by atoms with van der Waals surface area (Å²) in [5.41, 5.74) is -0.668. The van der Waals surface area contributed by atoms with Crippen LogP contribution in [0.15, 0.2) is 0 Å². The van der Waals surface area contributed by atoms with Crippen LogP contribution in [0.5, 0.6) is 0 Å². The first-order valence-corrected chi connectivity index (χ1v) is 9.31. The van der Waals surface area contributed by atoms with Gasteiger partial charge < -0.3 is 30.5 Å². The summed E-state index contributed by atoms with van der Waals surface area (Å²) in [6.07, 6.45) is -1.17. The van der Waals surface area contributed by atoms with E-state index in [0.717, 1.165) is 0 Å². The smallest absolute Gasteiger partial charge is 0.408 e. The van der Waals surface area contributed by atoms with Crippen LogP contribution in [0.3, 0.4) is 0 Å². The third-order valence-corrected chi connectivity index (χ3v) is 4.33. The minimum Gasteiger partial charge on any atom is -0.480 e. The molecular weight excluding hydrogens is 370 g/mol. The van der Waals surface area contributed by atoms with Gasteiger partial charge in [-0.2, -0.15) is 0 Å². The molecule has 0 saturated carbocycles. The number of likely N-dealkylation sites (tertiary alicyclic amines) is 1. The topological polar surface area (TPSA) is 145 Å². The second-order valence-corrected chi connectivity index (χ2v) is 8.03. The molecule has 0 unspecified atom stereocenters. The summed E-state index contributed by atoms with van der Waals surface area (Å²) < 4.78 is 5.13. The molecule has 1 aliphatic heterocycles. The van der Waals surface area contributed by atoms with Gasteiger partial charge in [0.2, 0.25) is 11.8 Å². The average molecular weight is 401 g/mol. The SMILES string of the molecule is C[C@H](NC(=O)OC(C)(C)C)C(=O)N1CCC(C(=O)N[C@H](C(=O)O)[C@@H](C)O)CC1. The van der Waals surface area contributed by atoms with Gasteiger partial charge in [0.05, 0.1) is 6.10 Å². The fraction of sp³-hybridized carbons (Fsp3) is 0.778. The molecule has 3 amide bonds. The lowest BCUT2D eigenvalue weighted by molar-refractivity contribution is -0.146. The highest BCUT2D eigenvalue weighted by molar-refractivity contribution is 5.87. The normalized spacial score (nSPS) is 18.6. The fourth-order valence-electron chi connectivity index (χ4n) is 2.84. The molecule has 0 radical (unpaired) electrons. The lowest BCUT2D eigenvalue weighted by Crippen LogP contribution is -2.53. The maximum absolute atomic E-state index is 12.5. The van der Waals surface area contributed by atoms with Gasteiger partial charge in [-0.05, 0) is 47.5 Å². The molecule has 1 rings (SSSR count). The number of piperidine rings is 1. The zero-order valence-corrected chi connectivity index (χ0v) is 17.0. The largest absolute Gasteiger partial charge is 0.480 e. The molecule has 1 fully saturated rings. The van der Waals surface area contributed by atoms with E-state index >= 15 is 0 Å². The van der Waals surface area contributed by atoms with Crippen molar-refractivity contribution in [1.29, 1.82) is 0 Å². The number of ether oxygens (including phenoxy) is 1. The Hall–Kier alpha value is -2.36. The minimum atomic E-state index is -1.37. The van der Waals surface area contributed by atoms with E-state index in [4.69, 9.17) is 9.84 Å². The molecule has 160 valence electrons. The minimum absolute atomic E-state index is 0.280. The van der Waals surface area contributed by atoms with Crippen LogP contribution >= 0.6 is 0 Å². The third-order valence-electron chi connectivity index (χ3n) is 4.33. The number of nitrogens with zero attached hydrogens (tertiary/aromatic N) is 1. The Bertz CT molecular complexity index is 592. The zero-order chi connectivity index (χ0) is 21.6. The molecule has 3 atom stereocenters. The van der Waals surface area contributed by atoms with Gasteiger partial charge in [-0.15, -0.1) is 0 Å². The van der Waals surface area contributed by atoms with Gasteiger partial charge in [0, 0.05) is 19.0 Å². The van der Waals surface area contributed by atoms with E-state index in [9.17, 15) is 24.3 Å². The number of hydrogen-bond donors (Lipinski definition) is 4. The summed E-state index contributed by atoms with van der Waals surface area (Å²) in [7, 11) is 0. The molecule has 0 aromatic carbocycles. The number of carboxylic acids is 1. The number of aliphatic carboxylic acids is 1. The molecule has 1 heterocycles. The Morgan fingerprint density at radius 1 is 1.07 bits per heavy atom. The lowest BCUT2D eigenvalue weighted by atomic mass is 9.95. The number of carbonyl (C=O) groups is 4. The second kappa shape index (κ2) is 9.72. The lowest BCUT2D eigenvalue weighted by Gasteiger charge is -2.33. The quantitative estimate of drug-likeness (QED) is 0.493. The zero-order valence-electron chi connectivity index (χ0n) is 17.0. The number of carbonyl (C=O) groups excluding carboxylic acids is 3. The summed E-state index contributed by atoms with van der Waals surface area (Å²) >= 11 is 0. The van der Waals surface area contributed by atoms with Crippen LogP contribution in [-0.4, -0.2) is 75.9 Å². The Kier molecular flexibility index (Phi) is 8.22. The summed E-state index contributed by atoms with van der Waals surface area (Å²) in [4.78, 5) is 49.1. The van der Waals surface area contributed by atoms with Crippen LogP contribution < -0.4 is 10.6 Å². The van der Waals surface area contributed by atoms with Crippen LogP contribution in [-0.2, 0) is 19.1 Å². The van der Waals surface area contributed by atoms with Crippen molar-refractivity contribution in [2.45, 2.75) is 71.2 Å². The molecule has 0 aromatic heterocycles. The first-order valence-electron chi connectivity index (χ1n) is 9.31. The maximum atomic E-state index is 12.5. The van der Waals surface area contributed by atoms with Gasteiger partial charge in [0.25, 0.3) is 0 Å². The standard InChI is InChI=1S/C18H31N3O7/c1-10(19-17(27)28-18(3,4)5)15(24)21-8-6-12(7-9-21)14(23)20-13(11(2)22)16(25)26/h10-13,22H,6-9H2,1-5H3,(H,19,27)(H,20,23)(H,25,26)/t10-,11+,13-/m0/s1. The maximum Gasteiger partial charge on any atom is 0.408 e. The van der Waals surface area contributed by atoms with Crippen molar-refractivity contribution in [3.63, 3.8) is 0 Å². The highest BCUT2D eigenvalue weighted by Crippen LogP contribution is 2.18. The van der Waals surface area contributed by atoms with Crippen LogP contribution in [0.25, 0.3) is 0 Å². The molecule has 28 heavy (non-hydrogen) atoms. The number of nitrogens with one attached hydrogen (secondary N) is 2. The van der Waals surface area contributed by atoms with Gasteiger partial charge in [-0.25, -0.2) is 9.59 Å². The molecule has 1 saturated heterocycles. The number of rotatable bonds is 6. The van der Waals surface area contributed by atoms with Crippen molar-refractivity contribution in [1.82, 2.24) is 15.5 Å². The monoisotopic (exact) mass is 401 g/mol. The number of carboxylic acid groups (broad SMARTS) is 1. The fourth-order valence-corrected chi connectivity index (χ4v) is 2.84. The highest BCUT2D eigenvalue weighted by Gasteiger charge is 2.33. The van der Waals surface area contributed by atoms with Crippen molar-refractivity contribution in [2.24, 2.45) is 5.92 Å². The summed E-state index contributed by atoms with van der Waals surface area (Å²) in [5.74, 6) is -2.49. The first-order chi connectivity index (χ1) is 12.8. The molecule has 0 spiro atoms. The van der Waals surface area contributed by atoms with Gasteiger partial charge >= 0.3 is 12.1 Å². The molecule has 0 aromatic rings. The molecular formula is C18H31N3O7. The predicted molar refractivity (Wildman–Crippen MR) is 99.4 cm³/mol. The number of aliphatic hydroxyl groups excluding tert-OH is 1. The molecule has 1 aliphatic rings. The molecule has 0 bridgehead atoms. The van der Waals surface area contributed by atoms with E-state index in [-0.39, 0.29) is 5.91 Å². The predicted octanol–water partition coefficient (Wildman–Crippen LogP) is 0.0884. The Labute approximate surface area is 164 Å². The number of alkyl carbamates (subject to hydrolysis) is 1. The van der Waals surface area contributed by atoms with E-state index in [0.29, 0.717) is 25.9 Å². The number of aliphatic hydroxyl groups is 1. The van der Waals surface area contributed by atoms with Crippen LogP contribution in [0, 0.1) is 5.92 Å². The van der Waals surface area contributed by atoms with Gasteiger partial charge in [0.1, 0.15) is 11.6 Å². The van der Waals surface area contributed by atoms with E-state index in [1.807, 2.05) is 0 Å². The first kappa shape index (κ1) is 23.7. The van der Waals surface area contributed by atoms with E-state index in [1.54, 1.807) is 32.6 Å². The molecule has 4 N–H and O–H groups in total. The van der Waals surface area contributed by atoms with Gasteiger partial charge in [-0.1, -0.05) is 0 Å². The summed E-state index contributed by atoms with van der Waals surface area (Å²) in [5, 5.41) is 23.3. The Morgan fingerprint density at radius 3 is 2.04 bits per heavy atom. The highest BCUT2D eigenvalue weighted by atomic mass is 16.6. The van der Waals surface area contributed by atoms with Crippen LogP contribution in [0.1, 0.15) is 47.5 Å². The van der Waals surface area contributed by atoms with E-state index < -0.39 is 47.7 Å². The van der Waals surface area contributed by atoms with Crippen molar-refractivity contribution < 1.29 is 34.1 Å².